The van der Waals surface area contributed by atoms with Gasteiger partial charge >= 0.3 is 0 Å². The first-order valence-corrected chi connectivity index (χ1v) is 7.37. The lowest BCUT2D eigenvalue weighted by Crippen LogP contribution is -2.59. The quantitative estimate of drug-likeness (QED) is 0.857. The van der Waals surface area contributed by atoms with Crippen LogP contribution in [0, 0.1) is 13.8 Å². The van der Waals surface area contributed by atoms with Crippen molar-refractivity contribution in [1.82, 2.24) is 14.8 Å². The molecule has 1 N–H and O–H groups in total. The lowest BCUT2D eigenvalue weighted by atomic mass is 10.0. The first-order chi connectivity index (χ1) is 8.27. The fraction of sp³-hybridized carbons (Fsp3) is 0.727. The zero-order valence-electron chi connectivity index (χ0n) is 11.1. The monoisotopic (exact) mass is 273 g/mol. The Morgan fingerprint density at radius 2 is 2.06 bits per heavy atom. The van der Waals surface area contributed by atoms with E-state index in [1.54, 1.807) is 13.8 Å². The van der Waals surface area contributed by atoms with Crippen molar-refractivity contribution in [1.29, 1.82) is 0 Å². The molecule has 0 unspecified atom stereocenters. The Morgan fingerprint density at radius 1 is 1.39 bits per heavy atom. The van der Waals surface area contributed by atoms with Crippen LogP contribution in [0.3, 0.4) is 0 Å². The molecule has 2 rings (SSSR count). The van der Waals surface area contributed by atoms with Gasteiger partial charge in [0.25, 0.3) is 0 Å². The van der Waals surface area contributed by atoms with Crippen LogP contribution in [0.15, 0.2) is 9.42 Å². The lowest BCUT2D eigenvalue weighted by Gasteiger charge is -2.41. The molecular weight excluding hydrogens is 254 g/mol. The van der Waals surface area contributed by atoms with Crippen molar-refractivity contribution in [2.45, 2.75) is 38.1 Å². The van der Waals surface area contributed by atoms with Crippen LogP contribution in [0.1, 0.15) is 25.3 Å². The van der Waals surface area contributed by atoms with E-state index in [1.165, 1.54) is 4.31 Å². The summed E-state index contributed by atoms with van der Waals surface area (Å²) in [6, 6.07) is 0. The minimum Gasteiger partial charge on any atom is -0.360 e. The van der Waals surface area contributed by atoms with Crippen molar-refractivity contribution in [3.05, 3.63) is 11.5 Å². The second-order valence-electron chi connectivity index (χ2n) is 5.22. The van der Waals surface area contributed by atoms with Crippen molar-refractivity contribution in [2.75, 3.05) is 19.6 Å². The second-order valence-corrected chi connectivity index (χ2v) is 7.02. The van der Waals surface area contributed by atoms with Crippen LogP contribution in [-0.2, 0) is 10.0 Å². The zero-order valence-corrected chi connectivity index (χ0v) is 12.0. The summed E-state index contributed by atoms with van der Waals surface area (Å²) in [4.78, 5) is 0.206. The molecule has 0 bridgehead atoms. The van der Waals surface area contributed by atoms with Crippen molar-refractivity contribution in [2.24, 2.45) is 0 Å². The normalized spacial score (nSPS) is 21.1. The maximum atomic E-state index is 12.7. The number of sulfonamides is 1. The number of nitrogens with one attached hydrogen (secondary N) is 1. The van der Waals surface area contributed by atoms with Gasteiger partial charge in [-0.05, 0) is 27.7 Å². The van der Waals surface area contributed by atoms with Gasteiger partial charge in [-0.2, -0.15) is 4.31 Å². The molecule has 0 saturated carbocycles. The highest BCUT2D eigenvalue weighted by molar-refractivity contribution is 7.89. The van der Waals surface area contributed by atoms with Gasteiger partial charge in [0.1, 0.15) is 10.6 Å². The Kier molecular flexibility index (Phi) is 3.25. The average molecular weight is 273 g/mol. The van der Waals surface area contributed by atoms with Crippen molar-refractivity contribution in [3.8, 4) is 0 Å². The summed E-state index contributed by atoms with van der Waals surface area (Å²) < 4.78 is 31.9. The van der Waals surface area contributed by atoms with E-state index in [4.69, 9.17) is 4.52 Å². The summed E-state index contributed by atoms with van der Waals surface area (Å²) in [7, 11) is -3.55. The molecule has 0 aliphatic carbocycles. The summed E-state index contributed by atoms with van der Waals surface area (Å²) in [6.07, 6.45) is 0. The maximum Gasteiger partial charge on any atom is 0.249 e. The Balaban J connectivity index is 2.49. The fourth-order valence-electron chi connectivity index (χ4n) is 2.36. The zero-order chi connectivity index (χ0) is 13.6. The Labute approximate surface area is 107 Å². The third-order valence-electron chi connectivity index (χ3n) is 3.24. The van der Waals surface area contributed by atoms with Crippen LogP contribution >= 0.6 is 0 Å². The molecule has 7 heteroatoms. The molecule has 1 fully saturated rings. The molecule has 1 aromatic rings. The molecular formula is C11H19N3O3S. The highest BCUT2D eigenvalue weighted by Gasteiger charge is 2.41. The Morgan fingerprint density at radius 3 is 2.56 bits per heavy atom. The SMILES string of the molecule is Cc1noc(C)c1S(=O)(=O)N1CCNCC1(C)C. The number of hydrogen-bond acceptors (Lipinski definition) is 5. The van der Waals surface area contributed by atoms with Crippen LogP contribution in [0.2, 0.25) is 0 Å². The highest BCUT2D eigenvalue weighted by atomic mass is 32.2. The van der Waals surface area contributed by atoms with Crippen LogP contribution in [0.5, 0.6) is 0 Å². The topological polar surface area (TPSA) is 75.4 Å². The molecule has 0 spiro atoms. The predicted octanol–water partition coefficient (Wildman–Crippen LogP) is 0.664. The number of nitrogens with zero attached hydrogens (tertiary/aromatic N) is 2. The van der Waals surface area contributed by atoms with E-state index in [0.29, 0.717) is 31.1 Å². The molecule has 0 radical (unpaired) electrons. The van der Waals surface area contributed by atoms with Crippen molar-refractivity contribution in [3.63, 3.8) is 0 Å². The van der Waals surface area contributed by atoms with E-state index < -0.39 is 15.6 Å². The second kappa shape index (κ2) is 4.32. The molecule has 18 heavy (non-hydrogen) atoms. The third-order valence-corrected chi connectivity index (χ3v) is 5.60. The molecule has 1 aromatic heterocycles. The molecule has 0 amide bonds. The van der Waals surface area contributed by atoms with E-state index in [0.717, 1.165) is 0 Å². The van der Waals surface area contributed by atoms with Gasteiger partial charge in [-0.3, -0.25) is 0 Å². The van der Waals surface area contributed by atoms with E-state index in [2.05, 4.69) is 10.5 Å². The van der Waals surface area contributed by atoms with Crippen LogP contribution in [-0.4, -0.2) is 43.1 Å². The van der Waals surface area contributed by atoms with Gasteiger partial charge in [0.2, 0.25) is 10.0 Å². The number of rotatable bonds is 2. The van der Waals surface area contributed by atoms with Gasteiger partial charge in [0.15, 0.2) is 5.76 Å². The number of aryl methyl sites for hydroxylation is 2. The van der Waals surface area contributed by atoms with Gasteiger partial charge in [-0.25, -0.2) is 8.42 Å². The molecule has 1 aliphatic rings. The molecule has 1 aliphatic heterocycles. The van der Waals surface area contributed by atoms with Crippen molar-refractivity contribution < 1.29 is 12.9 Å². The van der Waals surface area contributed by atoms with E-state index in [1.807, 2.05) is 13.8 Å². The number of piperazine rings is 1. The van der Waals surface area contributed by atoms with E-state index >= 15 is 0 Å². The fourth-order valence-corrected chi connectivity index (χ4v) is 4.44. The number of aromatic nitrogens is 1. The van der Waals surface area contributed by atoms with Gasteiger partial charge in [-0.15, -0.1) is 0 Å². The van der Waals surface area contributed by atoms with Crippen molar-refractivity contribution >= 4 is 10.0 Å². The summed E-state index contributed by atoms with van der Waals surface area (Å²) in [5.41, 5.74) is -0.0328. The summed E-state index contributed by atoms with van der Waals surface area (Å²) >= 11 is 0. The molecule has 1 saturated heterocycles. The Bertz CT molecular complexity index is 528. The Hall–Kier alpha value is -0.920. The molecule has 6 nitrogen and oxygen atoms in total. The minimum absolute atomic E-state index is 0.206. The van der Waals surface area contributed by atoms with Crippen LogP contribution in [0.25, 0.3) is 0 Å². The minimum atomic E-state index is -3.55. The van der Waals surface area contributed by atoms with Gasteiger partial charge in [0, 0.05) is 25.2 Å². The number of hydrogen-bond donors (Lipinski definition) is 1. The first kappa shape index (κ1) is 13.5. The van der Waals surface area contributed by atoms with E-state index in [-0.39, 0.29) is 4.90 Å². The van der Waals surface area contributed by atoms with Crippen LogP contribution < -0.4 is 5.32 Å². The van der Waals surface area contributed by atoms with E-state index in [9.17, 15) is 8.42 Å². The van der Waals surface area contributed by atoms with Crippen LogP contribution in [0.4, 0.5) is 0 Å². The maximum absolute atomic E-state index is 12.7. The van der Waals surface area contributed by atoms with Gasteiger partial charge in [0.05, 0.1) is 0 Å². The smallest absolute Gasteiger partial charge is 0.249 e. The molecule has 2 heterocycles. The summed E-state index contributed by atoms with van der Waals surface area (Å²) in [5, 5.41) is 6.94. The first-order valence-electron chi connectivity index (χ1n) is 5.93. The molecule has 0 aromatic carbocycles. The van der Waals surface area contributed by atoms with Gasteiger partial charge < -0.3 is 9.84 Å². The summed E-state index contributed by atoms with van der Waals surface area (Å²) in [5.74, 6) is 0.349. The lowest BCUT2D eigenvalue weighted by molar-refractivity contribution is 0.185. The average Bonchev–Trinajstić information content (AvgIpc) is 2.57. The highest BCUT2D eigenvalue weighted by Crippen LogP contribution is 2.29. The predicted molar refractivity (Wildman–Crippen MR) is 66.8 cm³/mol. The molecule has 102 valence electrons. The van der Waals surface area contributed by atoms with Gasteiger partial charge in [-0.1, -0.05) is 5.16 Å². The third kappa shape index (κ3) is 2.06. The largest absolute Gasteiger partial charge is 0.360 e. The standard InChI is InChI=1S/C11H19N3O3S/c1-8-10(9(2)17-13-8)18(15,16)14-6-5-12-7-11(14,3)4/h12H,5-7H2,1-4H3. The summed E-state index contributed by atoms with van der Waals surface area (Å²) in [6.45, 7) is 8.85. The molecule has 0 atom stereocenters.